The van der Waals surface area contributed by atoms with Gasteiger partial charge in [-0.25, -0.2) is 4.98 Å². The molecule has 0 aliphatic heterocycles. The van der Waals surface area contributed by atoms with E-state index < -0.39 is 0 Å². The zero-order valence-corrected chi connectivity index (χ0v) is 12.6. The Balaban J connectivity index is 1.91. The van der Waals surface area contributed by atoms with Crippen LogP contribution in [0.1, 0.15) is 5.56 Å². The van der Waals surface area contributed by atoms with Crippen molar-refractivity contribution in [2.75, 3.05) is 0 Å². The summed E-state index contributed by atoms with van der Waals surface area (Å²) < 4.78 is 0. The highest BCUT2D eigenvalue weighted by Gasteiger charge is 2.11. The van der Waals surface area contributed by atoms with E-state index in [1.54, 1.807) is 18.3 Å². The summed E-state index contributed by atoms with van der Waals surface area (Å²) in [6.07, 6.45) is 1.62. The lowest BCUT2D eigenvalue weighted by atomic mass is 10.0. The zero-order chi connectivity index (χ0) is 15.8. The van der Waals surface area contributed by atoms with Gasteiger partial charge in [-0.1, -0.05) is 30.3 Å². The third-order valence-electron chi connectivity index (χ3n) is 3.96. The molecule has 0 aliphatic carbocycles. The first-order valence-electron chi connectivity index (χ1n) is 7.46. The number of rotatable bonds is 2. The van der Waals surface area contributed by atoms with Crippen LogP contribution in [0.5, 0.6) is 0 Å². The lowest BCUT2D eigenvalue weighted by Crippen LogP contribution is -2.07. The molecule has 4 aromatic rings. The van der Waals surface area contributed by atoms with Crippen molar-refractivity contribution < 1.29 is 0 Å². The van der Waals surface area contributed by atoms with E-state index in [1.807, 2.05) is 25.1 Å². The van der Waals surface area contributed by atoms with Gasteiger partial charge in [0.05, 0.1) is 16.6 Å². The van der Waals surface area contributed by atoms with Gasteiger partial charge in [0.15, 0.2) is 0 Å². The van der Waals surface area contributed by atoms with E-state index >= 15 is 0 Å². The third-order valence-corrected chi connectivity index (χ3v) is 3.96. The van der Waals surface area contributed by atoms with E-state index in [9.17, 15) is 4.79 Å². The molecule has 0 fully saturated rings. The van der Waals surface area contributed by atoms with E-state index in [-0.39, 0.29) is 5.56 Å². The number of hydrogen-bond acceptors (Lipinski definition) is 2. The van der Waals surface area contributed by atoms with Crippen molar-refractivity contribution in [3.63, 3.8) is 0 Å². The van der Waals surface area contributed by atoms with Gasteiger partial charge in [0, 0.05) is 6.20 Å². The number of fused-ring (bicyclic) bond motifs is 1. The van der Waals surface area contributed by atoms with Crippen molar-refractivity contribution in [2.45, 2.75) is 6.92 Å². The van der Waals surface area contributed by atoms with Crippen LogP contribution in [0.25, 0.3) is 33.5 Å². The van der Waals surface area contributed by atoms with Gasteiger partial charge in [-0.2, -0.15) is 0 Å². The van der Waals surface area contributed by atoms with Crippen molar-refractivity contribution in [3.8, 4) is 22.5 Å². The molecule has 0 amide bonds. The summed E-state index contributed by atoms with van der Waals surface area (Å²) in [7, 11) is 0. The second-order valence-electron chi connectivity index (χ2n) is 5.55. The van der Waals surface area contributed by atoms with Gasteiger partial charge in [0.1, 0.15) is 5.82 Å². The van der Waals surface area contributed by atoms with Gasteiger partial charge < -0.3 is 9.97 Å². The molecule has 0 saturated carbocycles. The molecular formula is C19H15N3O. The molecule has 2 aromatic heterocycles. The lowest BCUT2D eigenvalue weighted by molar-refractivity contribution is 1.21. The summed E-state index contributed by atoms with van der Waals surface area (Å²) in [5.74, 6) is 0.593. The van der Waals surface area contributed by atoms with Crippen molar-refractivity contribution in [1.29, 1.82) is 0 Å². The Morgan fingerprint density at radius 2 is 1.78 bits per heavy atom. The Kier molecular flexibility index (Phi) is 3.08. The molecule has 0 atom stereocenters. The minimum atomic E-state index is -0.146. The predicted octanol–water partition coefficient (Wildman–Crippen LogP) is 3.89. The van der Waals surface area contributed by atoms with Crippen LogP contribution in [0.15, 0.2) is 65.6 Å². The molecule has 2 N–H and O–H groups in total. The summed E-state index contributed by atoms with van der Waals surface area (Å²) >= 11 is 0. The maximum absolute atomic E-state index is 12.0. The number of aromatic nitrogens is 3. The minimum Gasteiger partial charge on any atom is -0.338 e. The number of nitrogens with zero attached hydrogens (tertiary/aromatic N) is 1. The molecule has 4 rings (SSSR count). The number of imidazole rings is 1. The molecule has 0 unspecified atom stereocenters. The summed E-state index contributed by atoms with van der Waals surface area (Å²) in [6.45, 7) is 2.04. The second-order valence-corrected chi connectivity index (χ2v) is 5.55. The average molecular weight is 301 g/mol. The Morgan fingerprint density at radius 3 is 2.57 bits per heavy atom. The molecule has 0 radical (unpaired) electrons. The minimum absolute atomic E-state index is 0.146. The first-order chi connectivity index (χ1) is 11.2. The normalized spacial score (nSPS) is 11.0. The Labute approximate surface area is 132 Å². The zero-order valence-electron chi connectivity index (χ0n) is 12.6. The fourth-order valence-corrected chi connectivity index (χ4v) is 2.82. The van der Waals surface area contributed by atoms with Crippen molar-refractivity contribution in [3.05, 3.63) is 76.7 Å². The lowest BCUT2D eigenvalue weighted by Gasteiger charge is -2.03. The van der Waals surface area contributed by atoms with Gasteiger partial charge in [-0.15, -0.1) is 0 Å². The standard InChI is InChI=1S/C19H15N3O/c1-12-10-14(13-6-3-2-4-7-13)11-16-17(12)22-18(21-16)15-8-5-9-20-19(15)23/h2-11H,1H3,(H,20,23)(H,21,22). The summed E-state index contributed by atoms with van der Waals surface area (Å²) in [4.78, 5) is 22.5. The molecule has 0 spiro atoms. The van der Waals surface area contributed by atoms with Crippen LogP contribution in [0.2, 0.25) is 0 Å². The van der Waals surface area contributed by atoms with Crippen LogP contribution in [0.3, 0.4) is 0 Å². The van der Waals surface area contributed by atoms with E-state index in [1.165, 1.54) is 0 Å². The van der Waals surface area contributed by atoms with Crippen LogP contribution in [0.4, 0.5) is 0 Å². The van der Waals surface area contributed by atoms with Crippen LogP contribution in [-0.2, 0) is 0 Å². The Morgan fingerprint density at radius 1 is 0.957 bits per heavy atom. The molecule has 0 bridgehead atoms. The van der Waals surface area contributed by atoms with Gasteiger partial charge in [-0.05, 0) is 47.9 Å². The van der Waals surface area contributed by atoms with Gasteiger partial charge in [0.2, 0.25) is 0 Å². The van der Waals surface area contributed by atoms with Gasteiger partial charge >= 0.3 is 0 Å². The molecule has 2 aromatic carbocycles. The number of H-pyrrole nitrogens is 2. The number of nitrogens with one attached hydrogen (secondary N) is 2. The quantitative estimate of drug-likeness (QED) is 0.590. The number of pyridine rings is 1. The number of hydrogen-bond donors (Lipinski definition) is 2. The molecule has 4 nitrogen and oxygen atoms in total. The van der Waals surface area contributed by atoms with Crippen molar-refractivity contribution >= 4 is 11.0 Å². The monoisotopic (exact) mass is 301 g/mol. The number of aromatic amines is 2. The van der Waals surface area contributed by atoms with Crippen molar-refractivity contribution in [2.24, 2.45) is 0 Å². The van der Waals surface area contributed by atoms with Gasteiger partial charge in [0.25, 0.3) is 5.56 Å². The van der Waals surface area contributed by atoms with Crippen LogP contribution >= 0.6 is 0 Å². The van der Waals surface area contributed by atoms with E-state index in [4.69, 9.17) is 0 Å². The first kappa shape index (κ1) is 13.5. The van der Waals surface area contributed by atoms with Crippen LogP contribution in [0, 0.1) is 6.92 Å². The second kappa shape index (κ2) is 5.25. The Hall–Kier alpha value is -3.14. The Bertz CT molecular complexity index is 1050. The molecule has 0 saturated heterocycles. The molecule has 2 heterocycles. The maximum Gasteiger partial charge on any atom is 0.258 e. The van der Waals surface area contributed by atoms with E-state index in [0.717, 1.165) is 27.7 Å². The number of aryl methyl sites for hydroxylation is 1. The number of benzene rings is 2. The highest BCUT2D eigenvalue weighted by atomic mass is 16.1. The average Bonchev–Trinajstić information content (AvgIpc) is 3.00. The highest BCUT2D eigenvalue weighted by molar-refractivity contribution is 5.87. The van der Waals surface area contributed by atoms with Crippen molar-refractivity contribution in [1.82, 2.24) is 15.0 Å². The SMILES string of the molecule is Cc1cc(-c2ccccc2)cc2[nH]c(-c3ccc[nH]c3=O)nc12. The third kappa shape index (κ3) is 2.34. The van der Waals surface area contributed by atoms with E-state index in [0.29, 0.717) is 11.4 Å². The van der Waals surface area contributed by atoms with Gasteiger partial charge in [-0.3, -0.25) is 4.79 Å². The highest BCUT2D eigenvalue weighted by Crippen LogP contribution is 2.27. The molecule has 23 heavy (non-hydrogen) atoms. The molecule has 0 aliphatic rings. The predicted molar refractivity (Wildman–Crippen MR) is 92.3 cm³/mol. The van der Waals surface area contributed by atoms with Crippen LogP contribution < -0.4 is 5.56 Å². The molecular weight excluding hydrogens is 286 g/mol. The molecule has 4 heteroatoms. The summed E-state index contributed by atoms with van der Waals surface area (Å²) in [5, 5.41) is 0. The topological polar surface area (TPSA) is 61.5 Å². The summed E-state index contributed by atoms with van der Waals surface area (Å²) in [6, 6.07) is 18.0. The smallest absolute Gasteiger partial charge is 0.258 e. The molecule has 112 valence electrons. The largest absolute Gasteiger partial charge is 0.338 e. The van der Waals surface area contributed by atoms with E-state index in [2.05, 4.69) is 39.2 Å². The fourth-order valence-electron chi connectivity index (χ4n) is 2.82. The first-order valence-corrected chi connectivity index (χ1v) is 7.46. The summed E-state index contributed by atoms with van der Waals surface area (Å²) in [5.41, 5.74) is 5.59. The fraction of sp³-hybridized carbons (Fsp3) is 0.0526. The van der Waals surface area contributed by atoms with Crippen LogP contribution in [-0.4, -0.2) is 15.0 Å². The maximum atomic E-state index is 12.0.